The lowest BCUT2D eigenvalue weighted by molar-refractivity contribution is 0.0374. The summed E-state index contributed by atoms with van der Waals surface area (Å²) in [5.41, 5.74) is 2.01. The minimum absolute atomic E-state index is 0.255. The molecule has 2 aromatic carbocycles. The molecular formula is C22H28BrFN2O3. The van der Waals surface area contributed by atoms with Crippen LogP contribution in [0.1, 0.15) is 17.5 Å². The first kappa shape index (κ1) is 22.0. The number of halogens is 2. The number of morpholine rings is 1. The maximum Gasteiger partial charge on any atom is 0.175 e. The maximum atomic E-state index is 13.0. The van der Waals surface area contributed by atoms with Crippen molar-refractivity contribution in [3.8, 4) is 11.5 Å². The molecule has 1 aliphatic heterocycles. The smallest absolute Gasteiger partial charge is 0.175 e. The minimum Gasteiger partial charge on any atom is -0.493 e. The van der Waals surface area contributed by atoms with Crippen LogP contribution < -0.4 is 14.8 Å². The van der Waals surface area contributed by atoms with Crippen LogP contribution in [0.25, 0.3) is 0 Å². The number of nitrogens with one attached hydrogen (secondary N) is 1. The van der Waals surface area contributed by atoms with Gasteiger partial charge in [0.05, 0.1) is 24.8 Å². The summed E-state index contributed by atoms with van der Waals surface area (Å²) < 4.78 is 30.7. The molecule has 158 valence electrons. The average molecular weight is 467 g/mol. The number of hydrogen-bond acceptors (Lipinski definition) is 5. The molecule has 1 aliphatic rings. The van der Waals surface area contributed by atoms with Crippen LogP contribution in [0.4, 0.5) is 4.39 Å². The summed E-state index contributed by atoms with van der Waals surface area (Å²) in [6.07, 6.45) is 1.11. The Hall–Kier alpha value is -1.67. The summed E-state index contributed by atoms with van der Waals surface area (Å²) in [6, 6.07) is 10.3. The molecule has 0 atom stereocenters. The van der Waals surface area contributed by atoms with E-state index in [4.69, 9.17) is 14.2 Å². The van der Waals surface area contributed by atoms with Crippen molar-refractivity contribution in [3.05, 3.63) is 57.8 Å². The van der Waals surface area contributed by atoms with Crippen LogP contribution in [0.3, 0.4) is 0 Å². The molecule has 29 heavy (non-hydrogen) atoms. The third kappa shape index (κ3) is 6.96. The van der Waals surface area contributed by atoms with Gasteiger partial charge in [0.25, 0.3) is 0 Å². The summed E-state index contributed by atoms with van der Waals surface area (Å²) in [5, 5.41) is 3.49. The number of methoxy groups -OCH3 is 1. The highest BCUT2D eigenvalue weighted by Crippen LogP contribution is 2.37. The lowest BCUT2D eigenvalue weighted by Crippen LogP contribution is -2.37. The molecule has 0 aromatic heterocycles. The largest absolute Gasteiger partial charge is 0.493 e. The normalized spacial score (nSPS) is 14.7. The standard InChI is InChI=1S/C22H28BrFN2O3/c1-27-21-14-18(15-25-7-2-8-26-9-11-28-12-10-26)13-20(23)22(21)29-16-17-3-5-19(24)6-4-17/h3-6,13-14,25H,2,7-12,15-16H2,1H3. The Morgan fingerprint density at radius 1 is 1.14 bits per heavy atom. The Morgan fingerprint density at radius 2 is 1.90 bits per heavy atom. The SMILES string of the molecule is COc1cc(CNCCCN2CCOCC2)cc(Br)c1OCc1ccc(F)cc1. The predicted octanol–water partition coefficient (Wildman–Crippen LogP) is 3.99. The minimum atomic E-state index is -0.255. The van der Waals surface area contributed by atoms with Gasteiger partial charge in [-0.1, -0.05) is 12.1 Å². The Morgan fingerprint density at radius 3 is 2.62 bits per heavy atom. The third-order valence-electron chi connectivity index (χ3n) is 4.85. The monoisotopic (exact) mass is 466 g/mol. The number of benzene rings is 2. The lowest BCUT2D eigenvalue weighted by Gasteiger charge is -2.26. The van der Waals surface area contributed by atoms with Gasteiger partial charge in [-0.15, -0.1) is 0 Å². The van der Waals surface area contributed by atoms with Gasteiger partial charge < -0.3 is 19.5 Å². The van der Waals surface area contributed by atoms with E-state index >= 15 is 0 Å². The zero-order chi connectivity index (χ0) is 20.5. The second kappa shape index (κ2) is 11.5. The topological polar surface area (TPSA) is 43.0 Å². The van der Waals surface area contributed by atoms with Crippen molar-refractivity contribution in [3.63, 3.8) is 0 Å². The van der Waals surface area contributed by atoms with Gasteiger partial charge in [-0.3, -0.25) is 4.90 Å². The molecule has 1 fully saturated rings. The van der Waals surface area contributed by atoms with Gasteiger partial charge >= 0.3 is 0 Å². The number of ether oxygens (including phenoxy) is 3. The van der Waals surface area contributed by atoms with E-state index in [0.29, 0.717) is 18.1 Å². The van der Waals surface area contributed by atoms with Gasteiger partial charge in [-0.05, 0) is 70.8 Å². The molecule has 0 unspecified atom stereocenters. The van der Waals surface area contributed by atoms with Crippen molar-refractivity contribution in [1.82, 2.24) is 10.2 Å². The quantitative estimate of drug-likeness (QED) is 0.536. The van der Waals surface area contributed by atoms with Crippen molar-refractivity contribution >= 4 is 15.9 Å². The van der Waals surface area contributed by atoms with Crippen molar-refractivity contribution in [2.45, 2.75) is 19.6 Å². The van der Waals surface area contributed by atoms with Gasteiger partial charge in [0.15, 0.2) is 11.5 Å². The van der Waals surface area contributed by atoms with Crippen LogP contribution in [0.2, 0.25) is 0 Å². The second-order valence-corrected chi connectivity index (χ2v) is 7.86. The van der Waals surface area contributed by atoms with Crippen LogP contribution in [0.5, 0.6) is 11.5 Å². The second-order valence-electron chi connectivity index (χ2n) is 7.01. The maximum absolute atomic E-state index is 13.0. The van der Waals surface area contributed by atoms with Gasteiger partial charge in [-0.2, -0.15) is 0 Å². The molecule has 0 bridgehead atoms. The third-order valence-corrected chi connectivity index (χ3v) is 5.44. The molecule has 0 saturated carbocycles. The highest BCUT2D eigenvalue weighted by molar-refractivity contribution is 9.10. The van der Waals surface area contributed by atoms with E-state index < -0.39 is 0 Å². The van der Waals surface area contributed by atoms with Crippen LogP contribution in [0.15, 0.2) is 40.9 Å². The molecule has 0 radical (unpaired) electrons. The zero-order valence-corrected chi connectivity index (χ0v) is 18.3. The molecule has 5 nitrogen and oxygen atoms in total. The Kier molecular flexibility index (Phi) is 8.73. The average Bonchev–Trinajstić information content (AvgIpc) is 2.74. The molecule has 0 aliphatic carbocycles. The Labute approximate surface area is 180 Å². The number of nitrogens with zero attached hydrogens (tertiary/aromatic N) is 1. The zero-order valence-electron chi connectivity index (χ0n) is 16.8. The molecular weight excluding hydrogens is 439 g/mol. The van der Waals surface area contributed by atoms with Crippen LogP contribution in [0, 0.1) is 5.82 Å². The van der Waals surface area contributed by atoms with E-state index in [1.165, 1.54) is 12.1 Å². The summed E-state index contributed by atoms with van der Waals surface area (Å²) in [6.45, 7) is 6.91. The molecule has 0 amide bonds. The van der Waals surface area contributed by atoms with Gasteiger partial charge in [0.1, 0.15) is 12.4 Å². The molecule has 1 N–H and O–H groups in total. The van der Waals surface area contributed by atoms with Crippen molar-refractivity contribution in [2.24, 2.45) is 0 Å². The van der Waals surface area contributed by atoms with Gasteiger partial charge in [0.2, 0.25) is 0 Å². The van der Waals surface area contributed by atoms with E-state index in [1.54, 1.807) is 19.2 Å². The van der Waals surface area contributed by atoms with Crippen LogP contribution in [-0.4, -0.2) is 51.4 Å². The van der Waals surface area contributed by atoms with Crippen molar-refractivity contribution < 1.29 is 18.6 Å². The van der Waals surface area contributed by atoms with Gasteiger partial charge in [-0.25, -0.2) is 4.39 Å². The molecule has 2 aromatic rings. The fraction of sp³-hybridized carbons (Fsp3) is 0.455. The van der Waals surface area contributed by atoms with E-state index in [-0.39, 0.29) is 5.82 Å². The fourth-order valence-electron chi connectivity index (χ4n) is 3.24. The lowest BCUT2D eigenvalue weighted by atomic mass is 10.2. The van der Waals surface area contributed by atoms with Crippen LogP contribution >= 0.6 is 15.9 Å². The Bertz CT molecular complexity index is 767. The summed E-state index contributed by atoms with van der Waals surface area (Å²) >= 11 is 3.59. The first-order valence-corrected chi connectivity index (χ1v) is 10.7. The predicted molar refractivity (Wildman–Crippen MR) is 115 cm³/mol. The molecule has 1 heterocycles. The van der Waals surface area contributed by atoms with E-state index in [1.807, 2.05) is 12.1 Å². The molecule has 7 heteroatoms. The Balaban J connectivity index is 1.48. The van der Waals surface area contributed by atoms with E-state index in [9.17, 15) is 4.39 Å². The van der Waals surface area contributed by atoms with Crippen LogP contribution in [-0.2, 0) is 17.9 Å². The number of hydrogen-bond donors (Lipinski definition) is 1. The fourth-order valence-corrected chi connectivity index (χ4v) is 3.84. The van der Waals surface area contributed by atoms with Crippen molar-refractivity contribution in [2.75, 3.05) is 46.5 Å². The molecule has 1 saturated heterocycles. The first-order valence-electron chi connectivity index (χ1n) is 9.90. The van der Waals surface area contributed by atoms with Gasteiger partial charge in [0, 0.05) is 19.6 Å². The summed E-state index contributed by atoms with van der Waals surface area (Å²) in [7, 11) is 1.63. The summed E-state index contributed by atoms with van der Waals surface area (Å²) in [5.74, 6) is 1.06. The first-order chi connectivity index (χ1) is 14.2. The molecule has 0 spiro atoms. The van der Waals surface area contributed by atoms with E-state index in [0.717, 1.165) is 68.0 Å². The molecule has 3 rings (SSSR count). The number of rotatable bonds is 10. The summed E-state index contributed by atoms with van der Waals surface area (Å²) in [4.78, 5) is 2.44. The van der Waals surface area contributed by atoms with Crippen molar-refractivity contribution in [1.29, 1.82) is 0 Å². The highest BCUT2D eigenvalue weighted by Gasteiger charge is 2.13. The highest BCUT2D eigenvalue weighted by atomic mass is 79.9. The van der Waals surface area contributed by atoms with E-state index in [2.05, 4.69) is 26.1 Å².